The van der Waals surface area contributed by atoms with Crippen molar-refractivity contribution in [1.82, 2.24) is 15.0 Å². The third-order valence-electron chi connectivity index (χ3n) is 4.88. The van der Waals surface area contributed by atoms with Crippen molar-refractivity contribution in [2.24, 2.45) is 0 Å². The first-order chi connectivity index (χ1) is 13.2. The summed E-state index contributed by atoms with van der Waals surface area (Å²) < 4.78 is 10.3. The summed E-state index contributed by atoms with van der Waals surface area (Å²) in [5.41, 5.74) is 4.35. The van der Waals surface area contributed by atoms with Gasteiger partial charge in [-0.1, -0.05) is 53.7 Å². The van der Waals surface area contributed by atoms with E-state index in [4.69, 9.17) is 9.26 Å². The number of amides is 1. The van der Waals surface area contributed by atoms with Gasteiger partial charge in [0.05, 0.1) is 12.5 Å². The van der Waals surface area contributed by atoms with Crippen LogP contribution in [0.1, 0.15) is 35.7 Å². The van der Waals surface area contributed by atoms with E-state index in [2.05, 4.69) is 22.3 Å². The number of likely N-dealkylation sites (N-methyl/N-ethyl adjacent to an activating group) is 1. The topological polar surface area (TPSA) is 68.5 Å². The molecule has 4 rings (SSSR count). The molecule has 1 aliphatic carbocycles. The van der Waals surface area contributed by atoms with Crippen molar-refractivity contribution in [3.8, 4) is 11.1 Å². The summed E-state index contributed by atoms with van der Waals surface area (Å²) in [5.74, 6) is 0.629. The summed E-state index contributed by atoms with van der Waals surface area (Å²) >= 11 is 0. The van der Waals surface area contributed by atoms with Crippen molar-refractivity contribution < 1.29 is 14.1 Å². The Labute approximate surface area is 157 Å². The number of methoxy groups -OCH3 is 1. The molecule has 0 aliphatic heterocycles. The molecule has 0 saturated heterocycles. The van der Waals surface area contributed by atoms with Gasteiger partial charge in [-0.2, -0.15) is 4.98 Å². The number of carbonyl (C=O) groups is 1. The summed E-state index contributed by atoms with van der Waals surface area (Å²) in [6.45, 7) is 3.08. The number of ether oxygens (including phenoxy) is 1. The zero-order chi connectivity index (χ0) is 18.8. The average molecular weight is 363 g/mol. The second-order valence-electron chi connectivity index (χ2n) is 6.50. The summed E-state index contributed by atoms with van der Waals surface area (Å²) in [5, 5.41) is 3.87. The molecule has 0 N–H and O–H groups in total. The highest BCUT2D eigenvalue weighted by Crippen LogP contribution is 2.45. The maximum Gasteiger partial charge on any atom is 0.246 e. The van der Waals surface area contributed by atoms with Gasteiger partial charge in [0.1, 0.15) is 6.61 Å². The summed E-state index contributed by atoms with van der Waals surface area (Å²) in [7, 11) is 1.58. The molecule has 138 valence electrons. The summed E-state index contributed by atoms with van der Waals surface area (Å²) in [4.78, 5) is 19.5. The van der Waals surface area contributed by atoms with Gasteiger partial charge in [-0.3, -0.25) is 4.79 Å². The van der Waals surface area contributed by atoms with Crippen LogP contribution < -0.4 is 0 Å². The van der Waals surface area contributed by atoms with Crippen LogP contribution in [0.3, 0.4) is 0 Å². The Hall–Kier alpha value is -2.99. The van der Waals surface area contributed by atoms with Crippen molar-refractivity contribution in [1.29, 1.82) is 0 Å². The monoisotopic (exact) mass is 363 g/mol. The minimum absolute atomic E-state index is 0.0430. The molecule has 27 heavy (non-hydrogen) atoms. The van der Waals surface area contributed by atoms with Gasteiger partial charge in [0.2, 0.25) is 11.8 Å². The molecule has 1 aromatic heterocycles. The number of benzene rings is 2. The molecular weight excluding hydrogens is 342 g/mol. The van der Waals surface area contributed by atoms with Crippen molar-refractivity contribution in [3.05, 3.63) is 71.4 Å². The number of fused-ring (bicyclic) bond motifs is 3. The molecule has 1 aliphatic rings. The van der Waals surface area contributed by atoms with Crippen LogP contribution in [0.4, 0.5) is 0 Å². The molecule has 3 aromatic rings. The van der Waals surface area contributed by atoms with E-state index in [0.717, 1.165) is 22.3 Å². The van der Waals surface area contributed by atoms with Gasteiger partial charge in [0.15, 0.2) is 5.82 Å². The molecule has 0 spiro atoms. The predicted molar refractivity (Wildman–Crippen MR) is 99.8 cm³/mol. The van der Waals surface area contributed by atoms with E-state index in [1.165, 1.54) is 0 Å². The molecule has 0 fully saturated rings. The number of hydrogen-bond acceptors (Lipinski definition) is 5. The van der Waals surface area contributed by atoms with E-state index in [-0.39, 0.29) is 25.0 Å². The Morgan fingerprint density at radius 2 is 1.74 bits per heavy atom. The molecule has 2 aromatic carbocycles. The van der Waals surface area contributed by atoms with Crippen molar-refractivity contribution in [2.45, 2.75) is 26.0 Å². The lowest BCUT2D eigenvalue weighted by Crippen LogP contribution is -2.34. The lowest BCUT2D eigenvalue weighted by atomic mass is 9.95. The minimum Gasteiger partial charge on any atom is -0.377 e. The van der Waals surface area contributed by atoms with Gasteiger partial charge in [-0.25, -0.2) is 0 Å². The van der Waals surface area contributed by atoms with Gasteiger partial charge >= 0.3 is 0 Å². The molecule has 0 radical (unpaired) electrons. The van der Waals surface area contributed by atoms with Gasteiger partial charge in [-0.05, 0) is 29.2 Å². The Bertz CT molecular complexity index is 921. The van der Waals surface area contributed by atoms with Crippen LogP contribution in [0.15, 0.2) is 53.1 Å². The lowest BCUT2D eigenvalue weighted by Gasteiger charge is -2.24. The fourth-order valence-electron chi connectivity index (χ4n) is 3.66. The maximum absolute atomic E-state index is 13.5. The second kappa shape index (κ2) is 7.32. The molecule has 6 heteroatoms. The fraction of sp³-hybridized carbons (Fsp3) is 0.286. The number of nitrogens with zero attached hydrogens (tertiary/aromatic N) is 3. The van der Waals surface area contributed by atoms with Crippen LogP contribution in [0.2, 0.25) is 0 Å². The fourth-order valence-corrected chi connectivity index (χ4v) is 3.66. The third-order valence-corrected chi connectivity index (χ3v) is 4.88. The SMILES string of the molecule is CCN(Cc1nc(COC)no1)C(=O)C1c2ccccc2-c2ccccc21. The van der Waals surface area contributed by atoms with Gasteiger partial charge < -0.3 is 14.2 Å². The quantitative estimate of drug-likeness (QED) is 0.672. The highest BCUT2D eigenvalue weighted by molar-refractivity contribution is 5.96. The first-order valence-electron chi connectivity index (χ1n) is 9.00. The summed E-state index contributed by atoms with van der Waals surface area (Å²) in [6.07, 6.45) is 0. The van der Waals surface area contributed by atoms with Crippen LogP contribution in [-0.2, 0) is 22.7 Å². The maximum atomic E-state index is 13.5. The minimum atomic E-state index is -0.307. The molecule has 1 heterocycles. The van der Waals surface area contributed by atoms with E-state index < -0.39 is 0 Å². The van der Waals surface area contributed by atoms with Crippen molar-refractivity contribution in [3.63, 3.8) is 0 Å². The summed E-state index contributed by atoms with van der Waals surface area (Å²) in [6, 6.07) is 16.2. The van der Waals surface area contributed by atoms with E-state index in [1.807, 2.05) is 43.3 Å². The first-order valence-corrected chi connectivity index (χ1v) is 9.00. The molecule has 0 bridgehead atoms. The Kier molecular flexibility index (Phi) is 4.73. The standard InChI is InChI=1S/C21H21N3O3/c1-3-24(12-19-22-18(13-26-2)23-27-19)21(25)20-16-10-6-4-8-14(16)15-9-5-7-11-17(15)20/h4-11,20H,3,12-13H2,1-2H3. The van der Waals surface area contributed by atoms with Gasteiger partial charge in [0.25, 0.3) is 0 Å². The highest BCUT2D eigenvalue weighted by atomic mass is 16.5. The number of carbonyl (C=O) groups excluding carboxylic acids is 1. The zero-order valence-corrected chi connectivity index (χ0v) is 15.4. The number of aromatic nitrogens is 2. The highest BCUT2D eigenvalue weighted by Gasteiger charge is 2.35. The van der Waals surface area contributed by atoms with E-state index in [1.54, 1.807) is 12.0 Å². The van der Waals surface area contributed by atoms with E-state index in [0.29, 0.717) is 18.3 Å². The van der Waals surface area contributed by atoms with E-state index in [9.17, 15) is 4.79 Å². The van der Waals surface area contributed by atoms with Crippen molar-refractivity contribution >= 4 is 5.91 Å². The molecule has 0 unspecified atom stereocenters. The zero-order valence-electron chi connectivity index (χ0n) is 15.4. The number of hydrogen-bond donors (Lipinski definition) is 0. The van der Waals surface area contributed by atoms with Gasteiger partial charge in [-0.15, -0.1) is 0 Å². The van der Waals surface area contributed by atoms with Crippen LogP contribution in [0, 0.1) is 0 Å². The molecule has 6 nitrogen and oxygen atoms in total. The molecule has 0 saturated carbocycles. The third kappa shape index (κ3) is 3.13. The Morgan fingerprint density at radius 1 is 1.11 bits per heavy atom. The van der Waals surface area contributed by atoms with Crippen molar-refractivity contribution in [2.75, 3.05) is 13.7 Å². The lowest BCUT2D eigenvalue weighted by molar-refractivity contribution is -0.132. The van der Waals surface area contributed by atoms with Crippen LogP contribution in [0.25, 0.3) is 11.1 Å². The smallest absolute Gasteiger partial charge is 0.246 e. The number of rotatable bonds is 6. The molecule has 1 amide bonds. The molecular formula is C21H21N3O3. The van der Waals surface area contributed by atoms with Crippen LogP contribution in [-0.4, -0.2) is 34.6 Å². The second-order valence-corrected chi connectivity index (χ2v) is 6.50. The Balaban J connectivity index is 1.64. The molecule has 0 atom stereocenters. The van der Waals surface area contributed by atoms with Crippen LogP contribution in [0.5, 0.6) is 0 Å². The van der Waals surface area contributed by atoms with E-state index >= 15 is 0 Å². The largest absolute Gasteiger partial charge is 0.377 e. The predicted octanol–water partition coefficient (Wildman–Crippen LogP) is 3.38. The normalized spacial score (nSPS) is 12.7. The van der Waals surface area contributed by atoms with Gasteiger partial charge in [0, 0.05) is 13.7 Å². The average Bonchev–Trinajstić information content (AvgIpc) is 3.28. The Morgan fingerprint density at radius 3 is 2.33 bits per heavy atom. The first kappa shape index (κ1) is 17.4. The van der Waals surface area contributed by atoms with Crippen LogP contribution >= 0.6 is 0 Å².